The van der Waals surface area contributed by atoms with Crippen LogP contribution in [0.1, 0.15) is 36.1 Å². The molecular weight excluding hydrogens is 402 g/mol. The zero-order chi connectivity index (χ0) is 21.5. The number of carbonyl (C=O) groups is 2. The maximum atomic E-state index is 12.6. The second-order valence-corrected chi connectivity index (χ2v) is 7.81. The van der Waals surface area contributed by atoms with Gasteiger partial charge in [-0.2, -0.15) is 0 Å². The average molecular weight is 426 g/mol. The third-order valence-electron chi connectivity index (χ3n) is 4.29. The van der Waals surface area contributed by atoms with E-state index < -0.39 is 0 Å². The third-order valence-corrected chi connectivity index (χ3v) is 5.31. The summed E-state index contributed by atoms with van der Waals surface area (Å²) in [5.74, 6) is 0.695. The van der Waals surface area contributed by atoms with Crippen LogP contribution >= 0.6 is 11.8 Å². The summed E-state index contributed by atoms with van der Waals surface area (Å²) < 4.78 is 1.80. The Balaban J connectivity index is 1.66. The largest absolute Gasteiger partial charge is 0.342 e. The first-order valence-corrected chi connectivity index (χ1v) is 10.4. The summed E-state index contributed by atoms with van der Waals surface area (Å²) in [5.41, 5.74) is 0.583. The lowest BCUT2D eigenvalue weighted by Gasteiger charge is -2.21. The molecule has 0 radical (unpaired) electrons. The number of aromatic nitrogens is 5. The molecule has 2 aromatic heterocycles. The number of benzene rings is 1. The minimum atomic E-state index is -0.323. The number of hydrogen-bond acceptors (Lipinski definition) is 7. The lowest BCUT2D eigenvalue weighted by molar-refractivity contribution is -0.113. The Bertz CT molecular complexity index is 993. The molecule has 0 fully saturated rings. The van der Waals surface area contributed by atoms with Crippen LogP contribution in [-0.4, -0.2) is 42.3 Å². The summed E-state index contributed by atoms with van der Waals surface area (Å²) in [4.78, 5) is 32.7. The zero-order valence-corrected chi connectivity index (χ0v) is 17.8. The van der Waals surface area contributed by atoms with Crippen molar-refractivity contribution in [3.8, 4) is 0 Å². The molecule has 0 saturated heterocycles. The van der Waals surface area contributed by atoms with E-state index in [1.54, 1.807) is 35.2 Å². The van der Waals surface area contributed by atoms with Crippen LogP contribution in [0.5, 0.6) is 0 Å². The van der Waals surface area contributed by atoms with Gasteiger partial charge in [0.1, 0.15) is 0 Å². The van der Waals surface area contributed by atoms with E-state index in [0.29, 0.717) is 16.5 Å². The second kappa shape index (κ2) is 9.97. The fraction of sp³-hybridized carbons (Fsp3) is 0.300. The molecule has 0 aliphatic heterocycles. The highest BCUT2D eigenvalue weighted by Gasteiger charge is 2.25. The molecule has 0 aliphatic rings. The summed E-state index contributed by atoms with van der Waals surface area (Å²) in [6.45, 7) is 4.01. The predicted molar refractivity (Wildman–Crippen MR) is 114 cm³/mol. The molecule has 30 heavy (non-hydrogen) atoms. The molecule has 0 unspecified atom stereocenters. The summed E-state index contributed by atoms with van der Waals surface area (Å²) in [6, 6.07) is 10.4. The minimum absolute atomic E-state index is 0.0944. The molecule has 2 heterocycles. The lowest BCUT2D eigenvalue weighted by Crippen LogP contribution is -2.33. The fourth-order valence-electron chi connectivity index (χ4n) is 2.72. The first-order valence-electron chi connectivity index (χ1n) is 9.40. The average Bonchev–Trinajstić information content (AvgIpc) is 3.11. The van der Waals surface area contributed by atoms with Crippen molar-refractivity contribution in [2.45, 2.75) is 25.0 Å². The van der Waals surface area contributed by atoms with Gasteiger partial charge in [-0.05, 0) is 24.1 Å². The highest BCUT2D eigenvalue weighted by molar-refractivity contribution is 7.99. The van der Waals surface area contributed by atoms with Crippen molar-refractivity contribution in [2.75, 3.05) is 11.1 Å². The first kappa shape index (κ1) is 21.4. The molecular formula is C20H23N7O2S. The Morgan fingerprint density at radius 2 is 1.77 bits per heavy atom. The van der Waals surface area contributed by atoms with Gasteiger partial charge < -0.3 is 9.88 Å². The Morgan fingerprint density at radius 1 is 1.07 bits per heavy atom. The number of rotatable bonds is 8. The number of thioether (sulfide) groups is 1. The molecule has 3 rings (SSSR count). The maximum absolute atomic E-state index is 12.6. The van der Waals surface area contributed by atoms with E-state index >= 15 is 0 Å². The highest BCUT2D eigenvalue weighted by Crippen LogP contribution is 2.24. The molecule has 2 N–H and O–H groups in total. The van der Waals surface area contributed by atoms with E-state index in [4.69, 9.17) is 0 Å². The Morgan fingerprint density at radius 3 is 2.43 bits per heavy atom. The number of carbonyl (C=O) groups excluding carboxylic acids is 2. The predicted octanol–water partition coefficient (Wildman–Crippen LogP) is 2.46. The molecule has 10 heteroatoms. The quantitative estimate of drug-likeness (QED) is 0.533. The van der Waals surface area contributed by atoms with Gasteiger partial charge in [-0.1, -0.05) is 43.8 Å². The first-order chi connectivity index (χ1) is 14.5. The van der Waals surface area contributed by atoms with Gasteiger partial charge in [0, 0.05) is 25.0 Å². The normalized spacial score (nSPS) is 11.9. The molecule has 1 atom stereocenters. The van der Waals surface area contributed by atoms with Gasteiger partial charge in [-0.15, -0.1) is 10.2 Å². The van der Waals surface area contributed by atoms with E-state index in [-0.39, 0.29) is 35.5 Å². The van der Waals surface area contributed by atoms with E-state index in [2.05, 4.69) is 30.8 Å². The lowest BCUT2D eigenvalue weighted by atomic mass is 10.0. The van der Waals surface area contributed by atoms with Gasteiger partial charge in [0.25, 0.3) is 5.91 Å². The number of hydrogen-bond donors (Lipinski definition) is 2. The van der Waals surface area contributed by atoms with Crippen LogP contribution in [0, 0.1) is 5.92 Å². The smallest absolute Gasteiger partial charge is 0.251 e. The zero-order valence-electron chi connectivity index (χ0n) is 16.9. The van der Waals surface area contributed by atoms with Crippen molar-refractivity contribution in [3.05, 3.63) is 60.2 Å². The van der Waals surface area contributed by atoms with E-state index in [1.807, 2.05) is 39.1 Å². The van der Waals surface area contributed by atoms with Crippen LogP contribution in [0.2, 0.25) is 0 Å². The Labute approximate surface area is 178 Å². The molecule has 1 aromatic carbocycles. The molecule has 0 aliphatic carbocycles. The van der Waals surface area contributed by atoms with Gasteiger partial charge in [-0.3, -0.25) is 14.9 Å². The van der Waals surface area contributed by atoms with Crippen molar-refractivity contribution in [1.29, 1.82) is 0 Å². The minimum Gasteiger partial charge on any atom is -0.342 e. The summed E-state index contributed by atoms with van der Waals surface area (Å²) >= 11 is 1.25. The van der Waals surface area contributed by atoms with Gasteiger partial charge in [0.05, 0.1) is 11.8 Å². The van der Waals surface area contributed by atoms with Crippen LogP contribution in [0.4, 0.5) is 5.95 Å². The molecule has 9 nitrogen and oxygen atoms in total. The molecule has 3 aromatic rings. The SMILES string of the molecule is CC(C)[C@@H](NC(=O)c1ccccc1)c1nnc(SCC(=O)Nc2ncccn2)n1C. The molecule has 0 bridgehead atoms. The monoisotopic (exact) mass is 425 g/mol. The van der Waals surface area contributed by atoms with Gasteiger partial charge in [-0.25, -0.2) is 9.97 Å². The van der Waals surface area contributed by atoms with Crippen LogP contribution in [0.3, 0.4) is 0 Å². The molecule has 156 valence electrons. The summed E-state index contributed by atoms with van der Waals surface area (Å²) in [5, 5.41) is 14.7. The highest BCUT2D eigenvalue weighted by atomic mass is 32.2. The maximum Gasteiger partial charge on any atom is 0.251 e. The van der Waals surface area contributed by atoms with Crippen molar-refractivity contribution in [1.82, 2.24) is 30.0 Å². The summed E-state index contributed by atoms with van der Waals surface area (Å²) in [7, 11) is 1.82. The van der Waals surface area contributed by atoms with Gasteiger partial charge >= 0.3 is 0 Å². The Hall–Kier alpha value is -3.27. The Kier molecular flexibility index (Phi) is 7.12. The number of nitrogens with one attached hydrogen (secondary N) is 2. The fourth-order valence-corrected chi connectivity index (χ4v) is 3.44. The molecule has 0 saturated carbocycles. The van der Waals surface area contributed by atoms with E-state index in [1.165, 1.54) is 11.8 Å². The van der Waals surface area contributed by atoms with Gasteiger partial charge in [0.2, 0.25) is 11.9 Å². The van der Waals surface area contributed by atoms with Crippen LogP contribution < -0.4 is 10.6 Å². The number of anilines is 1. The van der Waals surface area contributed by atoms with Crippen LogP contribution in [0.25, 0.3) is 0 Å². The number of nitrogens with zero attached hydrogens (tertiary/aromatic N) is 5. The van der Waals surface area contributed by atoms with Crippen molar-refractivity contribution in [3.63, 3.8) is 0 Å². The second-order valence-electron chi connectivity index (χ2n) is 6.87. The van der Waals surface area contributed by atoms with Crippen molar-refractivity contribution >= 4 is 29.5 Å². The third kappa shape index (κ3) is 5.41. The van der Waals surface area contributed by atoms with Crippen molar-refractivity contribution < 1.29 is 9.59 Å². The van der Waals surface area contributed by atoms with Crippen molar-refractivity contribution in [2.24, 2.45) is 13.0 Å². The van der Waals surface area contributed by atoms with Crippen LogP contribution in [-0.2, 0) is 11.8 Å². The topological polar surface area (TPSA) is 115 Å². The van der Waals surface area contributed by atoms with Crippen LogP contribution in [0.15, 0.2) is 53.9 Å². The van der Waals surface area contributed by atoms with E-state index in [9.17, 15) is 9.59 Å². The number of amides is 2. The van der Waals surface area contributed by atoms with E-state index in [0.717, 1.165) is 0 Å². The summed E-state index contributed by atoms with van der Waals surface area (Å²) in [6.07, 6.45) is 3.11. The molecule has 2 amide bonds. The van der Waals surface area contributed by atoms with Gasteiger partial charge in [0.15, 0.2) is 11.0 Å². The molecule has 0 spiro atoms. The standard InChI is InChI=1S/C20H23N7O2S/c1-13(2)16(24-18(29)14-8-5-4-6-9-14)17-25-26-20(27(17)3)30-12-15(28)23-19-21-10-7-11-22-19/h4-11,13,16H,12H2,1-3H3,(H,24,29)(H,21,22,23,28)/t16-/m1/s1.